The maximum absolute atomic E-state index is 12.9. The number of thioether (sulfide) groups is 1. The molecule has 1 N–H and O–H groups in total. The second kappa shape index (κ2) is 6.87. The molecular weight excluding hydrogens is 359 g/mol. The van der Waals surface area contributed by atoms with Gasteiger partial charge in [-0.3, -0.25) is 19.1 Å². The number of carboxylic acid groups (broad SMARTS) is 1. The Labute approximate surface area is 143 Å². The molecule has 0 aliphatic carbocycles. The molecule has 2 rings (SSSR count). The van der Waals surface area contributed by atoms with E-state index in [1.807, 2.05) is 0 Å². The molecule has 2 aliphatic rings. The van der Waals surface area contributed by atoms with Crippen LogP contribution in [0.5, 0.6) is 0 Å². The predicted octanol–water partition coefficient (Wildman–Crippen LogP) is 0.573. The van der Waals surface area contributed by atoms with E-state index < -0.39 is 36.4 Å². The van der Waals surface area contributed by atoms with Crippen LogP contribution in [0.2, 0.25) is 0 Å². The molecule has 134 valence electrons. The van der Waals surface area contributed by atoms with E-state index in [2.05, 4.69) is 0 Å². The first kappa shape index (κ1) is 19.0. The Balaban J connectivity index is 2.34. The molecule has 0 bridgehead atoms. The minimum atomic E-state index is -3.41. The minimum Gasteiger partial charge on any atom is -0.477 e. The molecule has 11 heteroatoms. The number of β-lactam (4-membered cyclic amide) rings is 1. The second-order valence-electron chi connectivity index (χ2n) is 5.49. The number of esters is 1. The molecule has 0 aromatic rings. The summed E-state index contributed by atoms with van der Waals surface area (Å²) < 4.78 is 24.3. The molecule has 0 aromatic carbocycles. The van der Waals surface area contributed by atoms with Crippen LogP contribution in [0.25, 0.3) is 0 Å². The number of aliphatic carboxylic acids is 1. The molecule has 2 heterocycles. The van der Waals surface area contributed by atoms with Gasteiger partial charge >= 0.3 is 11.9 Å². The first-order valence-electron chi connectivity index (χ1n) is 7.01. The van der Waals surface area contributed by atoms with Crippen molar-refractivity contribution in [1.82, 2.24) is 9.57 Å². The lowest BCUT2D eigenvalue weighted by molar-refractivity contribution is -0.146. The zero-order valence-corrected chi connectivity index (χ0v) is 15.4. The number of nitrogens with zero attached hydrogens (tertiary/aromatic N) is 2. The highest BCUT2D eigenvalue weighted by molar-refractivity contribution is 8.00. The third kappa shape index (κ3) is 2.99. The SMILES string of the molecule is COP(=O)([C@@H]1C(=O)N2C(C(=O)O)=C(COC(C)=O)CS[C@H]12)N(C)C. The van der Waals surface area contributed by atoms with Crippen LogP contribution in [-0.2, 0) is 28.2 Å². The summed E-state index contributed by atoms with van der Waals surface area (Å²) in [6.45, 7) is 1.03. The Morgan fingerprint density at radius 3 is 2.54 bits per heavy atom. The van der Waals surface area contributed by atoms with E-state index in [9.17, 15) is 24.1 Å². The number of hydrogen-bond acceptors (Lipinski definition) is 7. The number of fused-ring (bicyclic) bond motifs is 1. The summed E-state index contributed by atoms with van der Waals surface area (Å²) in [5.74, 6) is -2.13. The standard InChI is InChI=1S/C13H19N2O7PS/c1-7(16)22-5-8-6-24-12-10(23(20,21-4)14(2)3)11(17)15(12)9(8)13(18)19/h10,12H,5-6H2,1-4H3,(H,18,19)/t10-,12-,23?/m1/s1. The Kier molecular flexibility index (Phi) is 5.44. The van der Waals surface area contributed by atoms with E-state index >= 15 is 0 Å². The molecule has 0 aromatic heterocycles. The molecule has 3 atom stereocenters. The zero-order chi connectivity index (χ0) is 18.2. The Morgan fingerprint density at radius 2 is 2.08 bits per heavy atom. The fourth-order valence-electron chi connectivity index (χ4n) is 2.66. The van der Waals surface area contributed by atoms with Gasteiger partial charge in [-0.2, -0.15) is 0 Å². The van der Waals surface area contributed by atoms with Crippen LogP contribution >= 0.6 is 19.3 Å². The average molecular weight is 378 g/mol. The van der Waals surface area contributed by atoms with Gasteiger partial charge in [0, 0.05) is 25.4 Å². The summed E-state index contributed by atoms with van der Waals surface area (Å²) in [6.07, 6.45) is 0. The van der Waals surface area contributed by atoms with Gasteiger partial charge in [-0.05, 0) is 14.1 Å². The highest BCUT2D eigenvalue weighted by Crippen LogP contribution is 2.62. The van der Waals surface area contributed by atoms with Crippen molar-refractivity contribution in [2.45, 2.75) is 18.0 Å². The van der Waals surface area contributed by atoms with Crippen molar-refractivity contribution in [3.8, 4) is 0 Å². The van der Waals surface area contributed by atoms with E-state index in [1.165, 1.54) is 30.5 Å². The first-order chi connectivity index (χ1) is 11.1. The Hall–Kier alpha value is -1.35. The largest absolute Gasteiger partial charge is 0.477 e. The van der Waals surface area contributed by atoms with Crippen molar-refractivity contribution in [2.24, 2.45) is 0 Å². The van der Waals surface area contributed by atoms with E-state index in [-0.39, 0.29) is 18.1 Å². The molecule has 2 aliphatic heterocycles. The molecule has 0 spiro atoms. The fraction of sp³-hybridized carbons (Fsp3) is 0.615. The number of hydrogen-bond donors (Lipinski definition) is 1. The molecule has 0 saturated carbocycles. The van der Waals surface area contributed by atoms with Crippen LogP contribution in [-0.4, -0.2) is 77.1 Å². The number of ether oxygens (including phenoxy) is 1. The van der Waals surface area contributed by atoms with Gasteiger partial charge in [0.15, 0.2) is 5.66 Å². The van der Waals surface area contributed by atoms with E-state index in [0.717, 1.165) is 4.90 Å². The lowest BCUT2D eigenvalue weighted by Crippen LogP contribution is -2.65. The van der Waals surface area contributed by atoms with Crippen LogP contribution in [0.3, 0.4) is 0 Å². The van der Waals surface area contributed by atoms with Crippen molar-refractivity contribution in [3.63, 3.8) is 0 Å². The lowest BCUT2D eigenvalue weighted by atomic mass is 10.1. The summed E-state index contributed by atoms with van der Waals surface area (Å²) in [7, 11) is 0.958. The molecule has 24 heavy (non-hydrogen) atoms. The third-order valence-electron chi connectivity index (χ3n) is 3.84. The van der Waals surface area contributed by atoms with E-state index in [1.54, 1.807) is 14.1 Å². The molecule has 0 radical (unpaired) electrons. The lowest BCUT2D eigenvalue weighted by Gasteiger charge is -2.51. The topological polar surface area (TPSA) is 113 Å². The maximum Gasteiger partial charge on any atom is 0.352 e. The molecule has 1 saturated heterocycles. The van der Waals surface area contributed by atoms with Gasteiger partial charge in [0.05, 0.1) is 0 Å². The smallest absolute Gasteiger partial charge is 0.352 e. The quantitative estimate of drug-likeness (QED) is 0.402. The van der Waals surface area contributed by atoms with Crippen molar-refractivity contribution in [1.29, 1.82) is 0 Å². The zero-order valence-electron chi connectivity index (χ0n) is 13.7. The highest BCUT2D eigenvalue weighted by Gasteiger charge is 2.62. The molecule has 1 unspecified atom stereocenters. The van der Waals surface area contributed by atoms with Crippen molar-refractivity contribution >= 4 is 37.1 Å². The van der Waals surface area contributed by atoms with Gasteiger partial charge < -0.3 is 14.4 Å². The van der Waals surface area contributed by atoms with Crippen LogP contribution in [0.15, 0.2) is 11.3 Å². The Bertz CT molecular complexity index is 663. The third-order valence-corrected chi connectivity index (χ3v) is 8.23. The molecular formula is C13H19N2O7PS. The first-order valence-corrected chi connectivity index (χ1v) is 9.71. The van der Waals surface area contributed by atoms with Gasteiger partial charge in [-0.1, -0.05) is 0 Å². The van der Waals surface area contributed by atoms with Gasteiger partial charge in [0.1, 0.15) is 17.7 Å². The van der Waals surface area contributed by atoms with E-state index in [4.69, 9.17) is 9.26 Å². The molecule has 1 amide bonds. The second-order valence-corrected chi connectivity index (χ2v) is 9.44. The van der Waals surface area contributed by atoms with Gasteiger partial charge in [-0.25, -0.2) is 9.46 Å². The molecule has 1 fully saturated rings. The van der Waals surface area contributed by atoms with Gasteiger partial charge in [-0.15, -0.1) is 11.8 Å². The van der Waals surface area contributed by atoms with E-state index in [0.29, 0.717) is 5.57 Å². The predicted molar refractivity (Wildman–Crippen MR) is 86.5 cm³/mol. The number of carbonyl (C=O) groups is 3. The number of amides is 1. The van der Waals surface area contributed by atoms with Crippen LogP contribution in [0.4, 0.5) is 0 Å². The van der Waals surface area contributed by atoms with Crippen LogP contribution in [0, 0.1) is 0 Å². The number of carbonyl (C=O) groups excluding carboxylic acids is 2. The monoisotopic (exact) mass is 378 g/mol. The summed E-state index contributed by atoms with van der Waals surface area (Å²) in [5, 5.41) is 8.87. The number of rotatable bonds is 6. The summed E-state index contributed by atoms with van der Waals surface area (Å²) >= 11 is 1.28. The fourth-order valence-corrected chi connectivity index (χ4v) is 6.54. The van der Waals surface area contributed by atoms with Crippen LogP contribution < -0.4 is 0 Å². The number of carboxylic acids is 1. The summed E-state index contributed by atoms with van der Waals surface area (Å²) in [4.78, 5) is 36.2. The Morgan fingerprint density at radius 1 is 1.46 bits per heavy atom. The van der Waals surface area contributed by atoms with Crippen LogP contribution in [0.1, 0.15) is 6.92 Å². The van der Waals surface area contributed by atoms with Crippen molar-refractivity contribution in [3.05, 3.63) is 11.3 Å². The van der Waals surface area contributed by atoms with Gasteiger partial charge in [0.25, 0.3) is 7.52 Å². The normalized spacial score (nSPS) is 25.9. The van der Waals surface area contributed by atoms with Crippen molar-refractivity contribution < 1.29 is 33.3 Å². The van der Waals surface area contributed by atoms with Crippen molar-refractivity contribution in [2.75, 3.05) is 33.6 Å². The average Bonchev–Trinajstić information content (AvgIpc) is 2.51. The highest BCUT2D eigenvalue weighted by atomic mass is 32.2. The summed E-state index contributed by atoms with van der Waals surface area (Å²) in [6, 6.07) is 0. The summed E-state index contributed by atoms with van der Waals surface area (Å²) in [5.41, 5.74) is -0.794. The maximum atomic E-state index is 12.9. The molecule has 9 nitrogen and oxygen atoms in total. The van der Waals surface area contributed by atoms with Gasteiger partial charge in [0.2, 0.25) is 5.91 Å². The minimum absolute atomic E-state index is 0.194.